The van der Waals surface area contributed by atoms with Crippen molar-refractivity contribution in [2.75, 3.05) is 26.2 Å². The summed E-state index contributed by atoms with van der Waals surface area (Å²) in [6, 6.07) is 8.43. The first-order valence-corrected chi connectivity index (χ1v) is 9.48. The Hall–Kier alpha value is -1.85. The third-order valence-corrected chi connectivity index (χ3v) is 5.87. The van der Waals surface area contributed by atoms with Crippen molar-refractivity contribution < 1.29 is 9.90 Å². The Morgan fingerprint density at radius 1 is 1.16 bits per heavy atom. The summed E-state index contributed by atoms with van der Waals surface area (Å²) in [6.07, 6.45) is 4.92. The van der Waals surface area contributed by atoms with Gasteiger partial charge in [0.05, 0.1) is 11.7 Å². The number of nitrogens with zero attached hydrogens (tertiary/aromatic N) is 3. The number of aliphatic hydroxyl groups is 1. The molecule has 2 aliphatic rings. The lowest BCUT2D eigenvalue weighted by atomic mass is 10.1. The van der Waals surface area contributed by atoms with Crippen molar-refractivity contribution in [3.8, 4) is 0 Å². The van der Waals surface area contributed by atoms with Gasteiger partial charge in [0.15, 0.2) is 0 Å². The molecule has 1 amide bonds. The van der Waals surface area contributed by atoms with Crippen LogP contribution in [0.2, 0.25) is 0 Å². The van der Waals surface area contributed by atoms with Gasteiger partial charge in [-0.1, -0.05) is 18.2 Å². The zero-order chi connectivity index (χ0) is 17.4. The van der Waals surface area contributed by atoms with Gasteiger partial charge in [0.25, 0.3) is 5.91 Å². The maximum Gasteiger partial charge on any atom is 0.256 e. The Kier molecular flexibility index (Phi) is 4.52. The van der Waals surface area contributed by atoms with Crippen LogP contribution >= 0.6 is 0 Å². The minimum Gasteiger partial charge on any atom is -0.391 e. The highest BCUT2D eigenvalue weighted by Gasteiger charge is 2.33. The molecule has 1 aromatic carbocycles. The fraction of sp³-hybridized carbons (Fsp3) is 0.550. The molecule has 1 aliphatic heterocycles. The number of hydrogen-bond acceptors (Lipinski definition) is 3. The minimum absolute atomic E-state index is 0.134. The Labute approximate surface area is 148 Å². The molecule has 0 spiro atoms. The predicted octanol–water partition coefficient (Wildman–Crippen LogP) is 2.33. The average Bonchev–Trinajstić information content (AvgIpc) is 3.25. The van der Waals surface area contributed by atoms with Gasteiger partial charge >= 0.3 is 0 Å². The summed E-state index contributed by atoms with van der Waals surface area (Å²) in [6.45, 7) is 6.18. The molecule has 0 radical (unpaired) electrons. The molecule has 25 heavy (non-hydrogen) atoms. The van der Waals surface area contributed by atoms with Gasteiger partial charge in [-0.25, -0.2) is 0 Å². The molecule has 1 N–H and O–H groups in total. The molecule has 1 saturated heterocycles. The fourth-order valence-electron chi connectivity index (χ4n) is 4.45. The Balaban J connectivity index is 1.49. The van der Waals surface area contributed by atoms with Crippen LogP contribution < -0.4 is 0 Å². The van der Waals surface area contributed by atoms with Crippen LogP contribution in [0.4, 0.5) is 0 Å². The van der Waals surface area contributed by atoms with Gasteiger partial charge in [-0.15, -0.1) is 0 Å². The van der Waals surface area contributed by atoms with Gasteiger partial charge in [0, 0.05) is 55.9 Å². The fourth-order valence-corrected chi connectivity index (χ4v) is 4.45. The first-order chi connectivity index (χ1) is 12.2. The van der Waals surface area contributed by atoms with Crippen molar-refractivity contribution in [2.24, 2.45) is 0 Å². The van der Waals surface area contributed by atoms with E-state index in [9.17, 15) is 9.90 Å². The minimum atomic E-state index is -0.190. The predicted molar refractivity (Wildman–Crippen MR) is 98.7 cm³/mol. The normalized spacial score (nSPS) is 25.0. The van der Waals surface area contributed by atoms with Crippen molar-refractivity contribution in [1.29, 1.82) is 0 Å². The van der Waals surface area contributed by atoms with E-state index in [-0.39, 0.29) is 12.0 Å². The molecule has 2 atom stereocenters. The summed E-state index contributed by atoms with van der Waals surface area (Å²) in [4.78, 5) is 17.4. The maximum atomic E-state index is 13.1. The quantitative estimate of drug-likeness (QED) is 0.932. The second-order valence-electron chi connectivity index (χ2n) is 7.24. The molecule has 0 unspecified atom stereocenters. The Morgan fingerprint density at radius 3 is 2.60 bits per heavy atom. The Morgan fingerprint density at radius 2 is 1.92 bits per heavy atom. The number of para-hydroxylation sites is 1. The maximum absolute atomic E-state index is 13.1. The smallest absolute Gasteiger partial charge is 0.256 e. The molecule has 5 heteroatoms. The molecule has 1 aromatic heterocycles. The molecule has 4 rings (SSSR count). The molecule has 0 bridgehead atoms. The topological polar surface area (TPSA) is 48.7 Å². The highest BCUT2D eigenvalue weighted by Crippen LogP contribution is 2.26. The van der Waals surface area contributed by atoms with E-state index in [2.05, 4.69) is 22.5 Å². The van der Waals surface area contributed by atoms with Crippen LogP contribution in [0.5, 0.6) is 0 Å². The van der Waals surface area contributed by atoms with E-state index < -0.39 is 0 Å². The van der Waals surface area contributed by atoms with E-state index in [0.29, 0.717) is 6.04 Å². The van der Waals surface area contributed by atoms with Crippen LogP contribution in [0.3, 0.4) is 0 Å². The first-order valence-electron chi connectivity index (χ1n) is 9.48. The number of amides is 1. The van der Waals surface area contributed by atoms with Gasteiger partial charge in [-0.05, 0) is 32.3 Å². The van der Waals surface area contributed by atoms with Gasteiger partial charge in [0.1, 0.15) is 0 Å². The molecule has 1 aliphatic carbocycles. The van der Waals surface area contributed by atoms with Crippen LogP contribution in [0, 0.1) is 0 Å². The second kappa shape index (κ2) is 6.81. The van der Waals surface area contributed by atoms with Gasteiger partial charge in [0.2, 0.25) is 0 Å². The van der Waals surface area contributed by atoms with E-state index in [4.69, 9.17) is 0 Å². The number of benzene rings is 1. The number of fused-ring (bicyclic) bond motifs is 1. The van der Waals surface area contributed by atoms with Gasteiger partial charge in [-0.2, -0.15) is 0 Å². The summed E-state index contributed by atoms with van der Waals surface area (Å²) >= 11 is 0. The number of carbonyl (C=O) groups excluding carboxylic acids is 1. The standard InChI is InChI=1S/C20H27N3O2/c1-2-21-14-16(15-6-3-4-7-17(15)21)20(25)23-12-10-22(11-13-23)18-8-5-9-19(18)24/h3-4,6-7,14,18-19,24H,2,5,8-13H2,1H3/t18-,19-/m0/s1. The average molecular weight is 341 g/mol. The van der Waals surface area contributed by atoms with E-state index in [1.165, 1.54) is 0 Å². The van der Waals surface area contributed by atoms with Crippen molar-refractivity contribution in [2.45, 2.75) is 44.9 Å². The SMILES string of the molecule is CCn1cc(C(=O)N2CCN([C@H]3CCC[C@@H]3O)CC2)c2ccccc21. The van der Waals surface area contributed by atoms with Crippen molar-refractivity contribution >= 4 is 16.8 Å². The van der Waals surface area contributed by atoms with Crippen molar-refractivity contribution in [3.05, 3.63) is 36.0 Å². The monoisotopic (exact) mass is 341 g/mol. The lowest BCUT2D eigenvalue weighted by Gasteiger charge is -2.39. The summed E-state index contributed by atoms with van der Waals surface area (Å²) in [7, 11) is 0. The lowest BCUT2D eigenvalue weighted by molar-refractivity contribution is 0.0316. The van der Waals surface area contributed by atoms with E-state index in [0.717, 1.165) is 68.5 Å². The van der Waals surface area contributed by atoms with Gasteiger partial charge < -0.3 is 14.6 Å². The van der Waals surface area contributed by atoms with Crippen LogP contribution in [0.25, 0.3) is 10.9 Å². The van der Waals surface area contributed by atoms with E-state index in [1.807, 2.05) is 29.3 Å². The number of aryl methyl sites for hydroxylation is 1. The zero-order valence-corrected chi connectivity index (χ0v) is 14.9. The molecule has 2 heterocycles. The van der Waals surface area contributed by atoms with Crippen LogP contribution in [-0.2, 0) is 6.54 Å². The van der Waals surface area contributed by atoms with Crippen molar-refractivity contribution in [3.63, 3.8) is 0 Å². The summed E-state index contributed by atoms with van der Waals surface area (Å²) in [5.74, 6) is 0.134. The number of carbonyl (C=O) groups is 1. The van der Waals surface area contributed by atoms with E-state index in [1.54, 1.807) is 0 Å². The summed E-state index contributed by atoms with van der Waals surface area (Å²) in [5, 5.41) is 11.2. The molecular weight excluding hydrogens is 314 g/mol. The first kappa shape index (κ1) is 16.6. The molecule has 5 nitrogen and oxygen atoms in total. The number of hydrogen-bond donors (Lipinski definition) is 1. The summed E-state index contributed by atoms with van der Waals surface area (Å²) < 4.78 is 2.15. The highest BCUT2D eigenvalue weighted by molar-refractivity contribution is 6.07. The summed E-state index contributed by atoms with van der Waals surface area (Å²) in [5.41, 5.74) is 1.94. The van der Waals surface area contributed by atoms with Crippen LogP contribution in [0.1, 0.15) is 36.5 Å². The van der Waals surface area contributed by atoms with Crippen molar-refractivity contribution in [1.82, 2.24) is 14.4 Å². The number of aromatic nitrogens is 1. The second-order valence-corrected chi connectivity index (χ2v) is 7.24. The Bertz CT molecular complexity index is 761. The molecular formula is C20H27N3O2. The van der Waals surface area contributed by atoms with Crippen LogP contribution in [0.15, 0.2) is 30.5 Å². The number of rotatable bonds is 3. The van der Waals surface area contributed by atoms with E-state index >= 15 is 0 Å². The molecule has 2 fully saturated rings. The highest BCUT2D eigenvalue weighted by atomic mass is 16.3. The number of aliphatic hydroxyl groups excluding tert-OH is 1. The molecule has 134 valence electrons. The number of piperazine rings is 1. The third-order valence-electron chi connectivity index (χ3n) is 5.87. The third kappa shape index (κ3) is 2.96. The largest absolute Gasteiger partial charge is 0.391 e. The lowest BCUT2D eigenvalue weighted by Crippen LogP contribution is -2.53. The van der Waals surface area contributed by atoms with Gasteiger partial charge in [-0.3, -0.25) is 9.69 Å². The molecule has 2 aromatic rings. The molecule has 1 saturated carbocycles. The zero-order valence-electron chi connectivity index (χ0n) is 14.9. The van der Waals surface area contributed by atoms with Crippen LogP contribution in [-0.4, -0.2) is 63.7 Å².